The van der Waals surface area contributed by atoms with Gasteiger partial charge in [-0.15, -0.1) is 0 Å². The number of hydrogen-bond donors (Lipinski definition) is 0. The Morgan fingerprint density at radius 2 is 1.53 bits per heavy atom. The van der Waals surface area contributed by atoms with Crippen molar-refractivity contribution in [3.8, 4) is 0 Å². The van der Waals surface area contributed by atoms with Gasteiger partial charge in [0.05, 0.1) is 30.8 Å². The molecule has 0 amide bonds. The van der Waals surface area contributed by atoms with Crippen molar-refractivity contribution in [1.29, 1.82) is 0 Å². The molecule has 310 valence electrons. The summed E-state index contributed by atoms with van der Waals surface area (Å²) in [6, 6.07) is 0.316. The minimum atomic E-state index is -0.640. The number of ketones is 2. The van der Waals surface area contributed by atoms with Gasteiger partial charge in [0.15, 0.2) is 18.4 Å². The van der Waals surface area contributed by atoms with Crippen LogP contribution in [-0.2, 0) is 52.3 Å². The first kappa shape index (κ1) is 41.4. The molecule has 7 aliphatic rings. The fraction of sp³-hybridized carbons (Fsp3) is 0.884. The predicted molar refractivity (Wildman–Crippen MR) is 202 cm³/mol. The van der Waals surface area contributed by atoms with Crippen LogP contribution >= 0.6 is 0 Å². The van der Waals surface area contributed by atoms with Crippen molar-refractivity contribution >= 4 is 17.5 Å². The van der Waals surface area contributed by atoms with Gasteiger partial charge in [-0.3, -0.25) is 14.4 Å². The Balaban J connectivity index is 1.15. The molecule has 3 aliphatic heterocycles. The van der Waals surface area contributed by atoms with Crippen molar-refractivity contribution in [2.24, 2.45) is 47.3 Å². The quantitative estimate of drug-likeness (QED) is 0.288. The van der Waals surface area contributed by atoms with Crippen LogP contribution in [0.15, 0.2) is 11.6 Å². The topological polar surface area (TPSA) is 128 Å². The van der Waals surface area contributed by atoms with E-state index in [0.717, 1.165) is 38.5 Å². The maximum absolute atomic E-state index is 14.9. The third-order valence-corrected chi connectivity index (χ3v) is 14.9. The Morgan fingerprint density at radius 3 is 2.18 bits per heavy atom. The molecule has 3 saturated carbocycles. The maximum atomic E-state index is 14.9. The molecule has 0 unspecified atom stereocenters. The molecule has 3 saturated heterocycles. The SMILES string of the molecule is CC[C@H]1CCC[C@H](O[C@H]2CC[C@H](N(C)C)[C@@H](C)O2)[C@@H](C)C(=O)C2=C[C@H]3[C@@H]4C[C@H](O[C@@H]5O[C@@H](C)[C@H](OC)[C@@H](OC)[C@H]5OC)C[C@H]4[C@@H]4CC(=O)[C@@H]4[C@H]3[C@@H]2CC(=O)O1. The summed E-state index contributed by atoms with van der Waals surface area (Å²) in [5.74, 6) is -0.419. The average Bonchev–Trinajstić information content (AvgIpc) is 3.72. The lowest BCUT2D eigenvalue weighted by Crippen LogP contribution is -2.59. The van der Waals surface area contributed by atoms with Crippen molar-refractivity contribution in [2.75, 3.05) is 35.4 Å². The fourth-order valence-electron chi connectivity index (χ4n) is 12.1. The number of rotatable bonds is 9. The molecule has 6 fully saturated rings. The molecule has 0 aromatic rings. The molecule has 12 heteroatoms. The molecule has 0 bridgehead atoms. The summed E-state index contributed by atoms with van der Waals surface area (Å²) in [6.45, 7) is 8.10. The number of ether oxygens (including phenoxy) is 8. The van der Waals surface area contributed by atoms with Crippen molar-refractivity contribution in [3.05, 3.63) is 11.6 Å². The standard InChI is InChI=1S/C43H67NO11/c1-10-24-12-11-13-34(55-36-15-14-32(44(5)6)22(3)51-36)21(2)39(47)31-18-28-26-16-25(54-43-42(50-9)41(49-8)40(48-7)23(4)52-43)17-27(26)29-19-33(45)38(29)37(28)30(31)20-35(46)53-24/h18,21-30,32,34,36-38,40-43H,10-17,19-20H2,1-9H3/t21-,22-,23+,24+,25+,26-,27-,28+,29+,30-,32+,34+,36+,37-,38-,40+,41-,42-,43+/m1/s1. The van der Waals surface area contributed by atoms with E-state index < -0.39 is 18.3 Å². The number of methoxy groups -OCH3 is 3. The van der Waals surface area contributed by atoms with E-state index in [2.05, 4.69) is 38.9 Å². The van der Waals surface area contributed by atoms with Gasteiger partial charge in [0.2, 0.25) is 0 Å². The van der Waals surface area contributed by atoms with Gasteiger partial charge in [0.25, 0.3) is 0 Å². The van der Waals surface area contributed by atoms with Crippen LogP contribution in [0.3, 0.4) is 0 Å². The summed E-state index contributed by atoms with van der Waals surface area (Å²) < 4.78 is 49.8. The van der Waals surface area contributed by atoms with Gasteiger partial charge in [0.1, 0.15) is 30.2 Å². The van der Waals surface area contributed by atoms with Gasteiger partial charge in [-0.05, 0) is 114 Å². The van der Waals surface area contributed by atoms with E-state index in [-0.39, 0.29) is 114 Å². The smallest absolute Gasteiger partial charge is 0.306 e. The summed E-state index contributed by atoms with van der Waals surface area (Å²) in [5.41, 5.74) is 0.688. The van der Waals surface area contributed by atoms with Gasteiger partial charge < -0.3 is 42.8 Å². The van der Waals surface area contributed by atoms with E-state index in [1.54, 1.807) is 21.3 Å². The Bertz CT molecular complexity index is 1420. The van der Waals surface area contributed by atoms with Crippen molar-refractivity contribution < 1.29 is 52.3 Å². The number of nitrogens with zero attached hydrogens (tertiary/aromatic N) is 1. The molecule has 19 atom stereocenters. The molecule has 0 aromatic heterocycles. The molecule has 55 heavy (non-hydrogen) atoms. The summed E-state index contributed by atoms with van der Waals surface area (Å²) in [4.78, 5) is 44.4. The first-order valence-electron chi connectivity index (χ1n) is 21.2. The number of allylic oxidation sites excluding steroid dienone is 2. The Kier molecular flexibility index (Phi) is 13.0. The summed E-state index contributed by atoms with van der Waals surface area (Å²) in [5, 5.41) is 0. The highest BCUT2D eigenvalue weighted by atomic mass is 16.7. The molecule has 4 aliphatic carbocycles. The zero-order valence-electron chi connectivity index (χ0n) is 34.6. The lowest BCUT2D eigenvalue weighted by atomic mass is 9.49. The lowest BCUT2D eigenvalue weighted by Gasteiger charge is -2.54. The molecule has 12 nitrogen and oxygen atoms in total. The van der Waals surface area contributed by atoms with E-state index in [1.807, 2.05) is 13.8 Å². The van der Waals surface area contributed by atoms with Crippen molar-refractivity contribution in [3.63, 3.8) is 0 Å². The van der Waals surface area contributed by atoms with Gasteiger partial charge in [0, 0.05) is 51.5 Å². The van der Waals surface area contributed by atoms with Crippen molar-refractivity contribution in [2.45, 2.75) is 159 Å². The minimum Gasteiger partial charge on any atom is -0.462 e. The molecular formula is C43H67NO11. The molecular weight excluding hydrogens is 706 g/mol. The second-order valence-corrected chi connectivity index (χ2v) is 18.0. The molecule has 0 radical (unpaired) electrons. The predicted octanol–water partition coefficient (Wildman–Crippen LogP) is 5.14. The van der Waals surface area contributed by atoms with Gasteiger partial charge in [-0.2, -0.15) is 0 Å². The van der Waals surface area contributed by atoms with E-state index in [4.69, 9.17) is 37.9 Å². The zero-order valence-corrected chi connectivity index (χ0v) is 34.6. The molecule has 7 rings (SSSR count). The second-order valence-electron chi connectivity index (χ2n) is 18.0. The van der Waals surface area contributed by atoms with Crippen LogP contribution in [-0.4, -0.2) is 125 Å². The van der Waals surface area contributed by atoms with Crippen LogP contribution in [0.4, 0.5) is 0 Å². The second kappa shape index (κ2) is 17.2. The third kappa shape index (κ3) is 7.89. The molecule has 0 spiro atoms. The highest BCUT2D eigenvalue weighted by Crippen LogP contribution is 2.65. The van der Waals surface area contributed by atoms with Crippen LogP contribution in [0.5, 0.6) is 0 Å². The number of cyclic esters (lactones) is 1. The first-order valence-corrected chi connectivity index (χ1v) is 21.2. The van der Waals surface area contributed by atoms with E-state index in [0.29, 0.717) is 30.9 Å². The third-order valence-electron chi connectivity index (χ3n) is 14.9. The molecule has 0 N–H and O–H groups in total. The number of carbonyl (C=O) groups excluding carboxylic acids is 3. The van der Waals surface area contributed by atoms with Crippen LogP contribution in [0.2, 0.25) is 0 Å². The Hall–Kier alpha value is -1.77. The highest BCUT2D eigenvalue weighted by molar-refractivity contribution is 5.99. The zero-order chi connectivity index (χ0) is 39.3. The largest absolute Gasteiger partial charge is 0.462 e. The summed E-state index contributed by atoms with van der Waals surface area (Å²) in [6.07, 6.45) is 5.94. The lowest BCUT2D eigenvalue weighted by molar-refractivity contribution is -0.314. The van der Waals surface area contributed by atoms with E-state index >= 15 is 0 Å². The van der Waals surface area contributed by atoms with Crippen LogP contribution in [0.1, 0.15) is 91.9 Å². The van der Waals surface area contributed by atoms with Crippen LogP contribution < -0.4 is 0 Å². The molecule has 3 heterocycles. The minimum absolute atomic E-state index is 0.0113. The van der Waals surface area contributed by atoms with Gasteiger partial charge >= 0.3 is 5.97 Å². The van der Waals surface area contributed by atoms with Crippen molar-refractivity contribution in [1.82, 2.24) is 4.90 Å². The number of carbonyl (C=O) groups is 3. The normalized spacial score (nSPS) is 47.7. The average molecular weight is 774 g/mol. The van der Waals surface area contributed by atoms with Gasteiger partial charge in [-0.25, -0.2) is 0 Å². The summed E-state index contributed by atoms with van der Waals surface area (Å²) in [7, 11) is 9.10. The maximum Gasteiger partial charge on any atom is 0.306 e. The first-order chi connectivity index (χ1) is 26.4. The number of likely N-dealkylation sites (N-methyl/N-ethyl adjacent to an activating group) is 1. The van der Waals surface area contributed by atoms with Crippen LogP contribution in [0.25, 0.3) is 0 Å². The van der Waals surface area contributed by atoms with Gasteiger partial charge in [-0.1, -0.05) is 19.9 Å². The summed E-state index contributed by atoms with van der Waals surface area (Å²) >= 11 is 0. The van der Waals surface area contributed by atoms with Crippen LogP contribution in [0, 0.1) is 47.3 Å². The Morgan fingerprint density at radius 1 is 0.800 bits per heavy atom. The Labute approximate surface area is 327 Å². The van der Waals surface area contributed by atoms with E-state index in [1.165, 1.54) is 0 Å². The number of esters is 1. The number of hydrogen-bond acceptors (Lipinski definition) is 12. The number of fused-ring (bicyclic) bond motifs is 8. The monoisotopic (exact) mass is 773 g/mol. The fourth-order valence-corrected chi connectivity index (χ4v) is 12.1. The number of Topliss-reactive ketones (excluding diaryl/α,β-unsaturated/α-hetero) is 2. The molecule has 0 aromatic carbocycles. The highest BCUT2D eigenvalue weighted by Gasteiger charge is 2.64. The van der Waals surface area contributed by atoms with E-state index in [9.17, 15) is 14.4 Å².